The van der Waals surface area contributed by atoms with Crippen LogP contribution in [0.3, 0.4) is 0 Å². The van der Waals surface area contributed by atoms with Crippen molar-refractivity contribution < 1.29 is 9.47 Å². The summed E-state index contributed by atoms with van der Waals surface area (Å²) >= 11 is 0. The molecule has 2 aromatic rings. The van der Waals surface area contributed by atoms with E-state index in [2.05, 4.69) is 32.3 Å². The summed E-state index contributed by atoms with van der Waals surface area (Å²) in [6.45, 7) is 8.11. The number of nitrogens with one attached hydrogen (secondary N) is 1. The molecule has 0 saturated carbocycles. The molecule has 3 rings (SSSR count). The first-order valence-electron chi connectivity index (χ1n) is 8.67. The standard InChI is InChI=1S/C19H26N4O2/c1-14-12-15(2)22-19(21-14)20-13-18(23-8-10-25-11-9-23)16-4-6-17(24-3)7-5-16/h4-7,12,18H,8-11,13H2,1-3H3,(H,20,21,22)/t18-/m1/s1. The van der Waals surface area contributed by atoms with Gasteiger partial charge >= 0.3 is 0 Å². The van der Waals surface area contributed by atoms with E-state index in [1.807, 2.05) is 32.0 Å². The number of rotatable bonds is 6. The number of hydrogen-bond acceptors (Lipinski definition) is 6. The summed E-state index contributed by atoms with van der Waals surface area (Å²) in [5, 5.41) is 3.41. The Bertz CT molecular complexity index is 664. The molecule has 1 N–H and O–H groups in total. The molecule has 1 aliphatic rings. The van der Waals surface area contributed by atoms with Crippen LogP contribution in [0.4, 0.5) is 5.95 Å². The summed E-state index contributed by atoms with van der Waals surface area (Å²) in [5.41, 5.74) is 3.20. The molecule has 1 aromatic heterocycles. The van der Waals surface area contributed by atoms with E-state index < -0.39 is 0 Å². The molecule has 134 valence electrons. The van der Waals surface area contributed by atoms with Crippen LogP contribution in [-0.4, -0.2) is 54.8 Å². The molecule has 2 heterocycles. The van der Waals surface area contributed by atoms with Crippen LogP contribution >= 0.6 is 0 Å². The summed E-state index contributed by atoms with van der Waals surface area (Å²) < 4.78 is 10.8. The molecule has 1 atom stereocenters. The molecular formula is C19H26N4O2. The number of aromatic nitrogens is 2. The third-order valence-electron chi connectivity index (χ3n) is 4.42. The minimum absolute atomic E-state index is 0.235. The number of benzene rings is 1. The smallest absolute Gasteiger partial charge is 0.223 e. The minimum atomic E-state index is 0.235. The van der Waals surface area contributed by atoms with E-state index in [1.165, 1.54) is 5.56 Å². The van der Waals surface area contributed by atoms with Crippen LogP contribution in [0.2, 0.25) is 0 Å². The maximum Gasteiger partial charge on any atom is 0.223 e. The number of anilines is 1. The lowest BCUT2D eigenvalue weighted by molar-refractivity contribution is 0.0187. The minimum Gasteiger partial charge on any atom is -0.497 e. The van der Waals surface area contributed by atoms with Gasteiger partial charge in [0, 0.05) is 31.0 Å². The molecule has 0 spiro atoms. The molecule has 1 fully saturated rings. The van der Waals surface area contributed by atoms with Crippen LogP contribution < -0.4 is 10.1 Å². The van der Waals surface area contributed by atoms with Gasteiger partial charge in [0.15, 0.2) is 0 Å². The van der Waals surface area contributed by atoms with Crippen molar-refractivity contribution in [3.8, 4) is 5.75 Å². The Balaban J connectivity index is 1.77. The highest BCUT2D eigenvalue weighted by Gasteiger charge is 2.23. The van der Waals surface area contributed by atoms with Crippen LogP contribution in [0.1, 0.15) is 23.0 Å². The average molecular weight is 342 g/mol. The molecule has 6 nitrogen and oxygen atoms in total. The van der Waals surface area contributed by atoms with E-state index in [1.54, 1.807) is 7.11 Å². The van der Waals surface area contributed by atoms with Crippen molar-refractivity contribution in [3.63, 3.8) is 0 Å². The highest BCUT2D eigenvalue weighted by Crippen LogP contribution is 2.24. The van der Waals surface area contributed by atoms with Crippen LogP contribution in [0.5, 0.6) is 5.75 Å². The molecular weight excluding hydrogens is 316 g/mol. The zero-order valence-electron chi connectivity index (χ0n) is 15.2. The zero-order chi connectivity index (χ0) is 17.6. The van der Waals surface area contributed by atoms with E-state index in [9.17, 15) is 0 Å². The summed E-state index contributed by atoms with van der Waals surface area (Å²) in [6.07, 6.45) is 0. The second kappa shape index (κ2) is 8.27. The van der Waals surface area contributed by atoms with Crippen molar-refractivity contribution in [2.75, 3.05) is 45.3 Å². The van der Waals surface area contributed by atoms with Gasteiger partial charge in [-0.2, -0.15) is 0 Å². The predicted octanol–water partition coefficient (Wildman–Crippen LogP) is 2.59. The topological polar surface area (TPSA) is 59.5 Å². The van der Waals surface area contributed by atoms with Crippen molar-refractivity contribution in [2.24, 2.45) is 0 Å². The highest BCUT2D eigenvalue weighted by molar-refractivity contribution is 5.32. The number of morpholine rings is 1. The van der Waals surface area contributed by atoms with Crippen LogP contribution in [0.25, 0.3) is 0 Å². The Morgan fingerprint density at radius 2 is 1.76 bits per heavy atom. The second-order valence-electron chi connectivity index (χ2n) is 6.29. The van der Waals surface area contributed by atoms with Gasteiger partial charge in [0.25, 0.3) is 0 Å². The molecule has 1 saturated heterocycles. The van der Waals surface area contributed by atoms with Gasteiger partial charge in [0.05, 0.1) is 26.4 Å². The summed E-state index contributed by atoms with van der Waals surface area (Å²) in [5.74, 6) is 1.55. The predicted molar refractivity (Wildman–Crippen MR) is 98.1 cm³/mol. The highest BCUT2D eigenvalue weighted by atomic mass is 16.5. The van der Waals surface area contributed by atoms with Crippen molar-refractivity contribution in [2.45, 2.75) is 19.9 Å². The Labute approximate surface area is 149 Å². The van der Waals surface area contributed by atoms with Gasteiger partial charge in [-0.1, -0.05) is 12.1 Å². The van der Waals surface area contributed by atoms with E-state index in [-0.39, 0.29) is 6.04 Å². The average Bonchev–Trinajstić information content (AvgIpc) is 2.62. The first-order valence-corrected chi connectivity index (χ1v) is 8.67. The Kier molecular flexibility index (Phi) is 5.83. The maximum atomic E-state index is 5.51. The largest absolute Gasteiger partial charge is 0.497 e. The monoisotopic (exact) mass is 342 g/mol. The first-order chi connectivity index (χ1) is 12.2. The van der Waals surface area contributed by atoms with Gasteiger partial charge in [-0.25, -0.2) is 9.97 Å². The van der Waals surface area contributed by atoms with E-state index in [4.69, 9.17) is 9.47 Å². The Hall–Kier alpha value is -2.18. The fraction of sp³-hybridized carbons (Fsp3) is 0.474. The van der Waals surface area contributed by atoms with Gasteiger partial charge in [0.2, 0.25) is 5.95 Å². The Morgan fingerprint density at radius 1 is 1.12 bits per heavy atom. The Morgan fingerprint density at radius 3 is 2.36 bits per heavy atom. The van der Waals surface area contributed by atoms with Crippen LogP contribution in [0, 0.1) is 13.8 Å². The third kappa shape index (κ3) is 4.67. The molecule has 6 heteroatoms. The molecule has 0 bridgehead atoms. The molecule has 0 radical (unpaired) electrons. The number of ether oxygens (including phenoxy) is 2. The number of hydrogen-bond donors (Lipinski definition) is 1. The SMILES string of the molecule is COc1ccc([C@@H](CNc2nc(C)cc(C)n2)N2CCOCC2)cc1. The number of methoxy groups -OCH3 is 1. The number of nitrogens with zero attached hydrogens (tertiary/aromatic N) is 3. The fourth-order valence-electron chi connectivity index (χ4n) is 3.17. The van der Waals surface area contributed by atoms with Crippen molar-refractivity contribution >= 4 is 5.95 Å². The fourth-order valence-corrected chi connectivity index (χ4v) is 3.17. The van der Waals surface area contributed by atoms with Crippen LogP contribution in [0.15, 0.2) is 30.3 Å². The van der Waals surface area contributed by atoms with Gasteiger partial charge < -0.3 is 14.8 Å². The maximum absolute atomic E-state index is 5.51. The molecule has 0 amide bonds. The quantitative estimate of drug-likeness (QED) is 0.871. The third-order valence-corrected chi connectivity index (χ3v) is 4.42. The van der Waals surface area contributed by atoms with E-state index in [0.29, 0.717) is 5.95 Å². The molecule has 1 aromatic carbocycles. The summed E-state index contributed by atoms with van der Waals surface area (Å²) in [4.78, 5) is 11.4. The summed E-state index contributed by atoms with van der Waals surface area (Å²) in [7, 11) is 1.69. The lowest BCUT2D eigenvalue weighted by atomic mass is 10.0. The summed E-state index contributed by atoms with van der Waals surface area (Å²) in [6, 6.07) is 10.5. The van der Waals surface area contributed by atoms with E-state index >= 15 is 0 Å². The normalized spacial score (nSPS) is 16.4. The molecule has 25 heavy (non-hydrogen) atoms. The van der Waals surface area contributed by atoms with Crippen molar-refractivity contribution in [1.29, 1.82) is 0 Å². The lowest BCUT2D eigenvalue weighted by Gasteiger charge is -2.35. The lowest BCUT2D eigenvalue weighted by Crippen LogP contribution is -2.41. The first kappa shape index (κ1) is 17.6. The number of aryl methyl sites for hydroxylation is 2. The molecule has 1 aliphatic heterocycles. The molecule has 0 unspecified atom stereocenters. The van der Waals surface area contributed by atoms with Gasteiger partial charge in [-0.05, 0) is 37.6 Å². The van der Waals surface area contributed by atoms with Gasteiger partial charge in [-0.3, -0.25) is 4.90 Å². The van der Waals surface area contributed by atoms with Gasteiger partial charge in [0.1, 0.15) is 5.75 Å². The zero-order valence-corrected chi connectivity index (χ0v) is 15.2. The second-order valence-corrected chi connectivity index (χ2v) is 6.29. The molecule has 0 aliphatic carbocycles. The van der Waals surface area contributed by atoms with Crippen LogP contribution in [-0.2, 0) is 4.74 Å². The van der Waals surface area contributed by atoms with E-state index in [0.717, 1.165) is 50.0 Å². The van der Waals surface area contributed by atoms with Crippen molar-refractivity contribution in [1.82, 2.24) is 14.9 Å². The van der Waals surface area contributed by atoms with Gasteiger partial charge in [-0.15, -0.1) is 0 Å². The van der Waals surface area contributed by atoms with Crippen molar-refractivity contribution in [3.05, 3.63) is 47.3 Å².